The third-order valence-corrected chi connectivity index (χ3v) is 3.05. The van der Waals surface area contributed by atoms with Crippen molar-refractivity contribution in [3.63, 3.8) is 0 Å². The number of ketones is 1. The van der Waals surface area contributed by atoms with Gasteiger partial charge >= 0.3 is 5.97 Å². The summed E-state index contributed by atoms with van der Waals surface area (Å²) in [5.74, 6) is -10.2. The van der Waals surface area contributed by atoms with Crippen LogP contribution in [0.2, 0.25) is 0 Å². The number of benzene rings is 1. The lowest BCUT2D eigenvalue weighted by Crippen LogP contribution is -2.21. The van der Waals surface area contributed by atoms with Gasteiger partial charge in [-0.15, -0.1) is 0 Å². The van der Waals surface area contributed by atoms with Crippen LogP contribution in [0.15, 0.2) is 11.8 Å². The maximum Gasteiger partial charge on any atom is 0.345 e. The Kier molecular flexibility index (Phi) is 6.94. The number of ether oxygens (including phenoxy) is 2. The SMILES string of the molecule is CCOC=C(C(=O)OCC)C(=O)c1c(F)c(F)c(F)c(F)c1CC. The Morgan fingerprint density at radius 3 is 2.00 bits per heavy atom. The first kappa shape index (κ1) is 19.7. The van der Waals surface area contributed by atoms with Crippen molar-refractivity contribution in [2.45, 2.75) is 27.2 Å². The standard InChI is InChI=1S/C16H16F4O4/c1-4-8-10(12(18)14(20)13(19)11(8)17)15(21)9(7-23-5-2)16(22)24-6-3/h7H,4-6H2,1-3H3. The lowest BCUT2D eigenvalue weighted by molar-refractivity contribution is -0.138. The van der Waals surface area contributed by atoms with Gasteiger partial charge in [0.2, 0.25) is 5.78 Å². The lowest BCUT2D eigenvalue weighted by Gasteiger charge is -2.13. The van der Waals surface area contributed by atoms with E-state index in [0.717, 1.165) is 6.26 Å². The number of Topliss-reactive ketones (excluding diaryl/α,β-unsaturated/α-hetero) is 1. The van der Waals surface area contributed by atoms with E-state index in [1.165, 1.54) is 13.8 Å². The molecule has 0 aromatic heterocycles. The largest absolute Gasteiger partial charge is 0.500 e. The van der Waals surface area contributed by atoms with Crippen molar-refractivity contribution in [1.29, 1.82) is 0 Å². The average molecular weight is 348 g/mol. The summed E-state index contributed by atoms with van der Waals surface area (Å²) in [4.78, 5) is 24.3. The van der Waals surface area contributed by atoms with Crippen molar-refractivity contribution < 1.29 is 36.6 Å². The Morgan fingerprint density at radius 2 is 1.50 bits per heavy atom. The molecule has 0 atom stereocenters. The second-order valence-electron chi connectivity index (χ2n) is 4.50. The Labute approximate surface area is 136 Å². The van der Waals surface area contributed by atoms with Gasteiger partial charge in [-0.3, -0.25) is 4.79 Å². The highest BCUT2D eigenvalue weighted by Gasteiger charge is 2.32. The van der Waals surface area contributed by atoms with Crippen LogP contribution in [0.25, 0.3) is 0 Å². The zero-order valence-corrected chi connectivity index (χ0v) is 13.3. The third kappa shape index (κ3) is 3.74. The first-order valence-corrected chi connectivity index (χ1v) is 7.19. The van der Waals surface area contributed by atoms with Crippen LogP contribution in [0.5, 0.6) is 0 Å². The quantitative estimate of drug-likeness (QED) is 0.0871. The summed E-state index contributed by atoms with van der Waals surface area (Å²) in [6.07, 6.45) is 0.421. The molecule has 0 radical (unpaired) electrons. The Balaban J connectivity index is 3.57. The van der Waals surface area contributed by atoms with Crippen LogP contribution < -0.4 is 0 Å². The minimum absolute atomic E-state index is 0.0748. The predicted molar refractivity (Wildman–Crippen MR) is 76.3 cm³/mol. The van der Waals surface area contributed by atoms with E-state index in [9.17, 15) is 27.2 Å². The summed E-state index contributed by atoms with van der Waals surface area (Å²) in [5.41, 5.74) is -2.49. The zero-order valence-electron chi connectivity index (χ0n) is 13.3. The molecule has 0 aliphatic heterocycles. The maximum atomic E-state index is 14.0. The van der Waals surface area contributed by atoms with Gasteiger partial charge in [-0.2, -0.15) is 0 Å². The number of esters is 1. The fourth-order valence-corrected chi connectivity index (χ4v) is 1.95. The van der Waals surface area contributed by atoms with Crippen LogP contribution in [-0.4, -0.2) is 25.0 Å². The molecule has 24 heavy (non-hydrogen) atoms. The lowest BCUT2D eigenvalue weighted by atomic mass is 9.95. The Hall–Kier alpha value is -2.38. The van der Waals surface area contributed by atoms with Crippen molar-refractivity contribution in [3.05, 3.63) is 46.2 Å². The van der Waals surface area contributed by atoms with E-state index in [1.54, 1.807) is 6.92 Å². The van der Waals surface area contributed by atoms with Crippen LogP contribution in [0.4, 0.5) is 17.6 Å². The summed E-state index contributed by atoms with van der Waals surface area (Å²) in [7, 11) is 0. The Bertz CT molecular complexity index is 683. The zero-order chi connectivity index (χ0) is 18.4. The molecule has 0 aliphatic rings. The number of rotatable bonds is 7. The molecule has 8 heteroatoms. The molecule has 0 aliphatic carbocycles. The van der Waals surface area contributed by atoms with E-state index >= 15 is 0 Å². The second kappa shape index (κ2) is 8.47. The number of carbonyl (C=O) groups excluding carboxylic acids is 2. The molecule has 1 aromatic carbocycles. The molecule has 0 saturated heterocycles. The van der Waals surface area contributed by atoms with E-state index in [0.29, 0.717) is 0 Å². The first-order chi connectivity index (χ1) is 11.3. The average Bonchev–Trinajstić information content (AvgIpc) is 2.56. The van der Waals surface area contributed by atoms with Crippen molar-refractivity contribution in [2.75, 3.05) is 13.2 Å². The predicted octanol–water partition coefficient (Wildman–Crippen LogP) is 3.47. The van der Waals surface area contributed by atoms with Gasteiger partial charge in [0.25, 0.3) is 0 Å². The summed E-state index contributed by atoms with van der Waals surface area (Å²) in [5, 5.41) is 0. The van der Waals surface area contributed by atoms with Gasteiger partial charge in [0.05, 0.1) is 18.8 Å². The maximum absolute atomic E-state index is 14.0. The normalized spacial score (nSPS) is 11.4. The minimum atomic E-state index is -2.13. The van der Waals surface area contributed by atoms with Gasteiger partial charge in [-0.25, -0.2) is 22.4 Å². The summed E-state index contributed by atoms with van der Waals surface area (Å²) >= 11 is 0. The number of carbonyl (C=O) groups is 2. The van der Waals surface area contributed by atoms with Crippen LogP contribution in [0.3, 0.4) is 0 Å². The first-order valence-electron chi connectivity index (χ1n) is 7.19. The highest BCUT2D eigenvalue weighted by Crippen LogP contribution is 2.27. The number of halogens is 4. The highest BCUT2D eigenvalue weighted by atomic mass is 19.2. The number of hydrogen-bond donors (Lipinski definition) is 0. The van der Waals surface area contributed by atoms with Gasteiger partial charge < -0.3 is 9.47 Å². The summed E-state index contributed by atoms with van der Waals surface area (Å²) in [6, 6.07) is 0. The van der Waals surface area contributed by atoms with E-state index in [-0.39, 0.29) is 19.6 Å². The molecule has 4 nitrogen and oxygen atoms in total. The van der Waals surface area contributed by atoms with Gasteiger partial charge in [0, 0.05) is 5.56 Å². The molecule has 0 heterocycles. The molecular weight excluding hydrogens is 332 g/mol. The van der Waals surface area contributed by atoms with Crippen LogP contribution in [0, 0.1) is 23.3 Å². The molecule has 0 spiro atoms. The van der Waals surface area contributed by atoms with Gasteiger partial charge in [0.1, 0.15) is 11.8 Å². The molecule has 0 saturated carbocycles. The molecule has 0 N–H and O–H groups in total. The molecule has 1 rings (SSSR count). The Morgan fingerprint density at radius 1 is 0.917 bits per heavy atom. The van der Waals surface area contributed by atoms with Gasteiger partial charge in [0.15, 0.2) is 23.3 Å². The van der Waals surface area contributed by atoms with E-state index in [4.69, 9.17) is 4.74 Å². The molecule has 1 aromatic rings. The fraction of sp³-hybridized carbons (Fsp3) is 0.375. The van der Waals surface area contributed by atoms with E-state index in [1.807, 2.05) is 0 Å². The smallest absolute Gasteiger partial charge is 0.345 e. The molecule has 0 amide bonds. The summed E-state index contributed by atoms with van der Waals surface area (Å²) in [6.45, 7) is 4.33. The van der Waals surface area contributed by atoms with Crippen molar-refractivity contribution in [2.24, 2.45) is 0 Å². The molecule has 0 bridgehead atoms. The molecule has 0 fully saturated rings. The minimum Gasteiger partial charge on any atom is -0.500 e. The van der Waals surface area contributed by atoms with E-state index < -0.39 is 51.7 Å². The fourth-order valence-electron chi connectivity index (χ4n) is 1.95. The third-order valence-electron chi connectivity index (χ3n) is 3.05. The van der Waals surface area contributed by atoms with Crippen molar-refractivity contribution in [1.82, 2.24) is 0 Å². The topological polar surface area (TPSA) is 52.6 Å². The molecule has 132 valence electrons. The van der Waals surface area contributed by atoms with Gasteiger partial charge in [-0.1, -0.05) is 6.92 Å². The van der Waals surface area contributed by atoms with Crippen LogP contribution in [0.1, 0.15) is 36.7 Å². The van der Waals surface area contributed by atoms with Crippen molar-refractivity contribution >= 4 is 11.8 Å². The molecule has 0 unspecified atom stereocenters. The van der Waals surface area contributed by atoms with Gasteiger partial charge in [-0.05, 0) is 20.3 Å². The van der Waals surface area contributed by atoms with Crippen LogP contribution >= 0.6 is 0 Å². The van der Waals surface area contributed by atoms with Crippen molar-refractivity contribution in [3.8, 4) is 0 Å². The van der Waals surface area contributed by atoms with Crippen LogP contribution in [-0.2, 0) is 20.7 Å². The second-order valence-corrected chi connectivity index (χ2v) is 4.50. The highest BCUT2D eigenvalue weighted by molar-refractivity contribution is 6.24. The van der Waals surface area contributed by atoms with E-state index in [2.05, 4.69) is 4.74 Å². The molecular formula is C16H16F4O4. The summed E-state index contributed by atoms with van der Waals surface area (Å²) < 4.78 is 64.2. The number of hydrogen-bond acceptors (Lipinski definition) is 4. The monoisotopic (exact) mass is 348 g/mol.